The fraction of sp³-hybridized carbons (Fsp3) is 0.0492. The number of para-hydroxylation sites is 1. The lowest BCUT2D eigenvalue weighted by Crippen LogP contribution is -2.16. The Morgan fingerprint density at radius 1 is 0.344 bits per heavy atom. The highest BCUT2D eigenvalue weighted by atomic mass is 16.3. The second-order valence-electron chi connectivity index (χ2n) is 17.7. The highest BCUT2D eigenvalue weighted by molar-refractivity contribution is 6.27. The molecule has 1 aliphatic rings. The van der Waals surface area contributed by atoms with E-state index in [1.165, 1.54) is 44.2 Å². The highest BCUT2D eigenvalue weighted by Gasteiger charge is 2.35. The molecule has 3 heteroatoms. The van der Waals surface area contributed by atoms with Crippen molar-refractivity contribution >= 4 is 71.7 Å². The zero-order chi connectivity index (χ0) is 42.5. The average Bonchev–Trinajstić information content (AvgIpc) is 3.99. The quantitative estimate of drug-likeness (QED) is 0.167. The van der Waals surface area contributed by atoms with Crippen molar-refractivity contribution in [2.45, 2.75) is 19.3 Å². The van der Waals surface area contributed by atoms with E-state index in [2.05, 4.69) is 213 Å². The zero-order valence-electron chi connectivity index (χ0n) is 35.5. The number of hydrogen-bond donors (Lipinski definition) is 0. The number of hydrogen-bond acceptors (Lipinski definition) is 3. The molecule has 0 atom stereocenters. The lowest BCUT2D eigenvalue weighted by atomic mass is 9.82. The first kappa shape index (κ1) is 36.5. The van der Waals surface area contributed by atoms with Gasteiger partial charge in [-0.1, -0.05) is 153 Å². The van der Waals surface area contributed by atoms with Crippen molar-refractivity contribution in [1.29, 1.82) is 0 Å². The van der Waals surface area contributed by atoms with E-state index in [0.29, 0.717) is 0 Å². The second kappa shape index (κ2) is 13.9. The van der Waals surface area contributed by atoms with Gasteiger partial charge in [0.05, 0.1) is 0 Å². The molecule has 13 rings (SSSR count). The molecule has 2 heterocycles. The first-order chi connectivity index (χ1) is 31.5. The predicted molar refractivity (Wildman–Crippen MR) is 267 cm³/mol. The molecule has 1 aliphatic carbocycles. The van der Waals surface area contributed by atoms with Gasteiger partial charge in [-0.25, -0.2) is 0 Å². The van der Waals surface area contributed by atoms with Crippen LogP contribution in [0, 0.1) is 0 Å². The Morgan fingerprint density at radius 3 is 1.77 bits per heavy atom. The molecule has 64 heavy (non-hydrogen) atoms. The van der Waals surface area contributed by atoms with E-state index in [1.54, 1.807) is 0 Å². The van der Waals surface area contributed by atoms with Gasteiger partial charge in [0.1, 0.15) is 22.3 Å². The van der Waals surface area contributed by atoms with Crippen molar-refractivity contribution in [3.05, 3.63) is 223 Å². The summed E-state index contributed by atoms with van der Waals surface area (Å²) in [5.41, 5.74) is 18.7. The zero-order valence-corrected chi connectivity index (χ0v) is 35.5. The van der Waals surface area contributed by atoms with E-state index in [9.17, 15) is 0 Å². The molecule has 0 saturated carbocycles. The monoisotopic (exact) mass is 819 g/mol. The smallest absolute Gasteiger partial charge is 0.143 e. The van der Waals surface area contributed by atoms with E-state index >= 15 is 0 Å². The van der Waals surface area contributed by atoms with Gasteiger partial charge in [0.2, 0.25) is 0 Å². The van der Waals surface area contributed by atoms with Gasteiger partial charge in [-0.05, 0) is 134 Å². The summed E-state index contributed by atoms with van der Waals surface area (Å²) < 4.78 is 13.3. The summed E-state index contributed by atoms with van der Waals surface area (Å²) in [6.45, 7) is 4.69. The third kappa shape index (κ3) is 5.60. The maximum atomic E-state index is 6.93. The largest absolute Gasteiger partial charge is 0.456 e. The fourth-order valence-corrected chi connectivity index (χ4v) is 10.4. The Morgan fingerprint density at radius 2 is 0.953 bits per heavy atom. The minimum absolute atomic E-state index is 0.128. The first-order valence-corrected chi connectivity index (χ1v) is 22.1. The minimum atomic E-state index is -0.128. The van der Waals surface area contributed by atoms with Crippen LogP contribution in [-0.4, -0.2) is 0 Å². The van der Waals surface area contributed by atoms with Crippen molar-refractivity contribution in [3.63, 3.8) is 0 Å². The molecular formula is C61H41NO2. The van der Waals surface area contributed by atoms with Crippen LogP contribution in [0.2, 0.25) is 0 Å². The van der Waals surface area contributed by atoms with Gasteiger partial charge in [-0.3, -0.25) is 0 Å². The highest BCUT2D eigenvalue weighted by Crippen LogP contribution is 2.51. The van der Waals surface area contributed by atoms with Gasteiger partial charge < -0.3 is 13.7 Å². The molecule has 0 fully saturated rings. The molecule has 302 valence electrons. The summed E-state index contributed by atoms with van der Waals surface area (Å²) in [6, 6.07) is 76.7. The maximum Gasteiger partial charge on any atom is 0.143 e. The van der Waals surface area contributed by atoms with Crippen LogP contribution in [0.3, 0.4) is 0 Å². The first-order valence-electron chi connectivity index (χ1n) is 22.1. The average molecular weight is 820 g/mol. The topological polar surface area (TPSA) is 29.5 Å². The van der Waals surface area contributed by atoms with Crippen LogP contribution in [0.1, 0.15) is 25.0 Å². The Hall–Kier alpha value is -8.14. The Bertz CT molecular complexity index is 3800. The van der Waals surface area contributed by atoms with Gasteiger partial charge >= 0.3 is 0 Å². The second-order valence-corrected chi connectivity index (χ2v) is 17.7. The van der Waals surface area contributed by atoms with Gasteiger partial charge in [-0.2, -0.15) is 0 Å². The number of benzene rings is 10. The lowest BCUT2D eigenvalue weighted by molar-refractivity contribution is 0.660. The Labute approximate surface area is 371 Å². The van der Waals surface area contributed by atoms with E-state index < -0.39 is 0 Å². The number of nitrogens with zero attached hydrogens (tertiary/aromatic N) is 1. The number of furan rings is 2. The van der Waals surface area contributed by atoms with Crippen LogP contribution in [0.25, 0.3) is 99.2 Å². The van der Waals surface area contributed by atoms with Crippen LogP contribution >= 0.6 is 0 Å². The minimum Gasteiger partial charge on any atom is -0.456 e. The summed E-state index contributed by atoms with van der Waals surface area (Å²) in [7, 11) is 0. The standard InChI is InChI=1S/C61H41NO2/c1-61(2)53-18-10-8-16-48(53)49-31-30-47(37-54(49)61)62(45-26-22-40(23-27-45)38-12-4-3-5-13-38)46-28-24-41(25-29-46)51-35-44(43-21-20-39-14-6-7-15-42(39)34-43)36-52-59-57(64-60(51)52)33-32-56-58(59)50-17-9-11-19-55(50)63-56/h3-37H,1-2H3. The number of rotatable bonds is 6. The van der Waals surface area contributed by atoms with Crippen LogP contribution in [-0.2, 0) is 5.41 Å². The molecule has 12 aromatic rings. The SMILES string of the molecule is CC1(C)c2ccccc2-c2ccc(N(c3ccc(-c4ccccc4)cc3)c3ccc(-c4cc(-c5ccc6ccccc6c5)cc5c4oc4ccc6oc7ccccc7c6c45)cc3)cc21. The van der Waals surface area contributed by atoms with Crippen LogP contribution in [0.4, 0.5) is 17.1 Å². The van der Waals surface area contributed by atoms with Crippen LogP contribution in [0.15, 0.2) is 221 Å². The summed E-state index contributed by atoms with van der Waals surface area (Å²) in [5, 5.41) is 6.74. The van der Waals surface area contributed by atoms with Crippen molar-refractivity contribution < 1.29 is 8.83 Å². The molecule has 0 spiro atoms. The van der Waals surface area contributed by atoms with Gasteiger partial charge in [0.25, 0.3) is 0 Å². The third-order valence-corrected chi connectivity index (χ3v) is 13.7. The van der Waals surface area contributed by atoms with Gasteiger partial charge in [-0.15, -0.1) is 0 Å². The molecule has 0 bridgehead atoms. The van der Waals surface area contributed by atoms with Crippen molar-refractivity contribution in [2.75, 3.05) is 4.90 Å². The molecule has 0 aliphatic heterocycles. The van der Waals surface area contributed by atoms with E-state index in [-0.39, 0.29) is 5.41 Å². The van der Waals surface area contributed by atoms with E-state index in [4.69, 9.17) is 8.83 Å². The van der Waals surface area contributed by atoms with E-state index in [0.717, 1.165) is 83.2 Å². The summed E-state index contributed by atoms with van der Waals surface area (Å²) >= 11 is 0. The normalized spacial score (nSPS) is 13.0. The lowest BCUT2D eigenvalue weighted by Gasteiger charge is -2.28. The molecule has 3 nitrogen and oxygen atoms in total. The van der Waals surface area contributed by atoms with Gasteiger partial charge in [0, 0.05) is 49.6 Å². The maximum absolute atomic E-state index is 6.93. The molecule has 0 unspecified atom stereocenters. The van der Waals surface area contributed by atoms with Crippen LogP contribution in [0.5, 0.6) is 0 Å². The van der Waals surface area contributed by atoms with E-state index in [1.807, 2.05) is 18.2 Å². The molecule has 0 radical (unpaired) electrons. The fourth-order valence-electron chi connectivity index (χ4n) is 10.4. The Kier molecular flexibility index (Phi) is 7.95. The molecule has 10 aromatic carbocycles. The molecule has 0 saturated heterocycles. The number of fused-ring (bicyclic) bond motifs is 11. The van der Waals surface area contributed by atoms with Crippen LogP contribution < -0.4 is 4.90 Å². The van der Waals surface area contributed by atoms with Gasteiger partial charge in [0.15, 0.2) is 0 Å². The molecule has 0 amide bonds. The molecule has 0 N–H and O–H groups in total. The summed E-state index contributed by atoms with van der Waals surface area (Å²) in [4.78, 5) is 2.39. The molecular weight excluding hydrogens is 779 g/mol. The number of anilines is 3. The van der Waals surface area contributed by atoms with Crippen molar-refractivity contribution in [1.82, 2.24) is 0 Å². The van der Waals surface area contributed by atoms with Crippen molar-refractivity contribution in [2.24, 2.45) is 0 Å². The predicted octanol–water partition coefficient (Wildman–Crippen LogP) is 17.4. The van der Waals surface area contributed by atoms with Crippen molar-refractivity contribution in [3.8, 4) is 44.5 Å². The summed E-state index contributed by atoms with van der Waals surface area (Å²) in [5.74, 6) is 0. The third-order valence-electron chi connectivity index (χ3n) is 13.7. The Balaban J connectivity index is 0.990. The summed E-state index contributed by atoms with van der Waals surface area (Å²) in [6.07, 6.45) is 0. The molecule has 2 aromatic heterocycles.